The number of carbonyl (C=O) groups is 3. The molecule has 0 spiro atoms. The monoisotopic (exact) mass is 257 g/mol. The molecule has 0 aromatic rings. The van der Waals surface area contributed by atoms with Crippen molar-refractivity contribution in [2.45, 2.75) is 40.5 Å². The van der Waals surface area contributed by atoms with Crippen LogP contribution >= 0.6 is 0 Å². The van der Waals surface area contributed by atoms with Crippen molar-refractivity contribution in [1.29, 1.82) is 0 Å². The zero-order valence-electron chi connectivity index (χ0n) is 11.6. The van der Waals surface area contributed by atoms with Crippen LogP contribution in [-0.4, -0.2) is 40.9 Å². The highest BCUT2D eigenvalue weighted by Gasteiger charge is 2.30. The molecule has 2 N–H and O–H groups in total. The number of nitrogens with two attached hydrogens (primary N) is 1. The van der Waals surface area contributed by atoms with Gasteiger partial charge in [0.05, 0.1) is 0 Å². The molecule has 0 heterocycles. The normalized spacial score (nSPS) is 10.3. The molecule has 18 heavy (non-hydrogen) atoms. The van der Waals surface area contributed by atoms with E-state index in [4.69, 9.17) is 5.73 Å². The third-order valence-corrected chi connectivity index (χ3v) is 2.96. The molecule has 6 nitrogen and oxygen atoms in total. The summed E-state index contributed by atoms with van der Waals surface area (Å²) in [6.45, 7) is 7.52. The lowest BCUT2D eigenvalue weighted by Crippen LogP contribution is -2.51. The summed E-state index contributed by atoms with van der Waals surface area (Å²) in [6.07, 6.45) is 1.34. The minimum atomic E-state index is -0.835. The number of rotatable bonds is 5. The number of urea groups is 2. The van der Waals surface area contributed by atoms with E-state index in [1.807, 2.05) is 13.8 Å². The second kappa shape index (κ2) is 7.68. The summed E-state index contributed by atoms with van der Waals surface area (Å²) in [4.78, 5) is 37.3. The Kier molecular flexibility index (Phi) is 7.00. The Morgan fingerprint density at radius 1 is 0.944 bits per heavy atom. The number of nitrogens with zero attached hydrogens (tertiary/aromatic N) is 2. The largest absolute Gasteiger partial charge is 0.351 e. The SMILES string of the molecule is CCC(CC)C(=O)N(CC)C(=O)N(CC)C(N)=O. The van der Waals surface area contributed by atoms with E-state index in [1.165, 1.54) is 0 Å². The van der Waals surface area contributed by atoms with E-state index in [2.05, 4.69) is 0 Å². The van der Waals surface area contributed by atoms with Crippen molar-refractivity contribution in [1.82, 2.24) is 9.80 Å². The highest BCUT2D eigenvalue weighted by atomic mass is 16.2. The number of carbonyl (C=O) groups excluding carboxylic acids is 3. The summed E-state index contributed by atoms with van der Waals surface area (Å²) in [5.74, 6) is -0.437. The molecule has 6 heteroatoms. The zero-order valence-corrected chi connectivity index (χ0v) is 11.6. The molecular weight excluding hydrogens is 234 g/mol. The van der Waals surface area contributed by atoms with Gasteiger partial charge in [-0.2, -0.15) is 0 Å². The van der Waals surface area contributed by atoms with Gasteiger partial charge in [0, 0.05) is 19.0 Å². The Morgan fingerprint density at radius 2 is 1.39 bits per heavy atom. The van der Waals surface area contributed by atoms with Crippen LogP contribution < -0.4 is 5.73 Å². The van der Waals surface area contributed by atoms with E-state index in [9.17, 15) is 14.4 Å². The third kappa shape index (κ3) is 3.72. The number of primary amides is 1. The minimum absolute atomic E-state index is 0.154. The van der Waals surface area contributed by atoms with Gasteiger partial charge >= 0.3 is 12.1 Å². The highest BCUT2D eigenvalue weighted by Crippen LogP contribution is 2.13. The van der Waals surface area contributed by atoms with E-state index in [-0.39, 0.29) is 24.9 Å². The molecule has 0 rings (SSSR count). The second-order valence-corrected chi connectivity index (χ2v) is 3.96. The molecule has 0 aliphatic heterocycles. The van der Waals surface area contributed by atoms with Crippen LogP contribution in [0.2, 0.25) is 0 Å². The lowest BCUT2D eigenvalue weighted by molar-refractivity contribution is -0.132. The van der Waals surface area contributed by atoms with Crippen molar-refractivity contribution >= 4 is 18.0 Å². The molecule has 0 aromatic carbocycles. The molecule has 0 atom stereocenters. The highest BCUT2D eigenvalue weighted by molar-refractivity contribution is 6.01. The topological polar surface area (TPSA) is 83.7 Å². The summed E-state index contributed by atoms with van der Waals surface area (Å²) in [6, 6.07) is -1.47. The van der Waals surface area contributed by atoms with Gasteiger partial charge in [0.1, 0.15) is 0 Å². The van der Waals surface area contributed by atoms with E-state index in [0.717, 1.165) is 9.80 Å². The van der Waals surface area contributed by atoms with E-state index in [1.54, 1.807) is 13.8 Å². The molecule has 0 bridgehead atoms. The number of hydrogen-bond donors (Lipinski definition) is 1. The van der Waals surface area contributed by atoms with E-state index < -0.39 is 12.1 Å². The van der Waals surface area contributed by atoms with Crippen molar-refractivity contribution in [2.75, 3.05) is 13.1 Å². The van der Waals surface area contributed by atoms with Crippen molar-refractivity contribution in [3.05, 3.63) is 0 Å². The van der Waals surface area contributed by atoms with E-state index >= 15 is 0 Å². The molecule has 0 unspecified atom stereocenters. The Morgan fingerprint density at radius 3 is 1.67 bits per heavy atom. The Bertz CT molecular complexity index is 314. The average molecular weight is 257 g/mol. The van der Waals surface area contributed by atoms with Gasteiger partial charge in [-0.15, -0.1) is 0 Å². The lowest BCUT2D eigenvalue weighted by Gasteiger charge is -2.27. The molecule has 0 saturated carbocycles. The predicted molar refractivity (Wildman–Crippen MR) is 68.8 cm³/mol. The summed E-state index contributed by atoms with van der Waals surface area (Å²) >= 11 is 0. The standard InChI is InChI=1S/C12H23N3O3/c1-5-9(6-2)10(16)14(7-3)12(18)15(8-4)11(13)17/h9H,5-8H2,1-4H3,(H2,13,17). The van der Waals surface area contributed by atoms with Crippen LogP contribution in [0.3, 0.4) is 0 Å². The van der Waals surface area contributed by atoms with Gasteiger partial charge < -0.3 is 5.73 Å². The minimum Gasteiger partial charge on any atom is -0.351 e. The maximum atomic E-state index is 12.1. The van der Waals surface area contributed by atoms with Gasteiger partial charge in [0.25, 0.3) is 0 Å². The average Bonchev–Trinajstić information content (AvgIpc) is 2.31. The molecule has 0 aliphatic rings. The van der Waals surface area contributed by atoms with Crippen LogP contribution in [0, 0.1) is 5.92 Å². The smallest absolute Gasteiger partial charge is 0.334 e. The van der Waals surface area contributed by atoms with Crippen LogP contribution in [0.25, 0.3) is 0 Å². The first-order valence-electron chi connectivity index (χ1n) is 6.36. The fourth-order valence-corrected chi connectivity index (χ4v) is 1.77. The second-order valence-electron chi connectivity index (χ2n) is 3.96. The molecular formula is C12H23N3O3. The number of amides is 5. The van der Waals surface area contributed by atoms with Gasteiger partial charge in [-0.3, -0.25) is 9.69 Å². The van der Waals surface area contributed by atoms with Gasteiger partial charge in [0.15, 0.2) is 0 Å². The van der Waals surface area contributed by atoms with Crippen LogP contribution in [0.1, 0.15) is 40.5 Å². The first kappa shape index (κ1) is 16.4. The zero-order chi connectivity index (χ0) is 14.3. The van der Waals surface area contributed by atoms with Crippen molar-refractivity contribution in [2.24, 2.45) is 11.7 Å². The Labute approximate surface area is 108 Å². The molecule has 0 saturated heterocycles. The molecule has 0 radical (unpaired) electrons. The predicted octanol–water partition coefficient (Wildman–Crippen LogP) is 1.79. The number of imide groups is 2. The maximum Gasteiger partial charge on any atom is 0.334 e. The van der Waals surface area contributed by atoms with Gasteiger partial charge in [-0.25, -0.2) is 14.5 Å². The van der Waals surface area contributed by atoms with Gasteiger partial charge in [0.2, 0.25) is 5.91 Å². The van der Waals surface area contributed by atoms with Crippen LogP contribution in [0.4, 0.5) is 9.59 Å². The fraction of sp³-hybridized carbons (Fsp3) is 0.750. The summed E-state index contributed by atoms with van der Waals surface area (Å²) < 4.78 is 0. The first-order valence-corrected chi connectivity index (χ1v) is 6.36. The van der Waals surface area contributed by atoms with Crippen LogP contribution in [-0.2, 0) is 4.79 Å². The van der Waals surface area contributed by atoms with Crippen molar-refractivity contribution in [3.63, 3.8) is 0 Å². The maximum absolute atomic E-state index is 12.1. The van der Waals surface area contributed by atoms with E-state index in [0.29, 0.717) is 12.8 Å². The lowest BCUT2D eigenvalue weighted by atomic mass is 10.0. The van der Waals surface area contributed by atoms with Crippen molar-refractivity contribution < 1.29 is 14.4 Å². The molecule has 104 valence electrons. The van der Waals surface area contributed by atoms with Gasteiger partial charge in [-0.1, -0.05) is 13.8 Å². The molecule has 0 aliphatic carbocycles. The van der Waals surface area contributed by atoms with Gasteiger partial charge in [-0.05, 0) is 26.7 Å². The summed E-state index contributed by atoms with van der Waals surface area (Å²) in [7, 11) is 0. The quantitative estimate of drug-likeness (QED) is 0.815. The number of hydrogen-bond acceptors (Lipinski definition) is 3. The Balaban J connectivity index is 5.02. The Hall–Kier alpha value is -1.59. The molecule has 0 aromatic heterocycles. The van der Waals surface area contributed by atoms with Crippen LogP contribution in [0.15, 0.2) is 0 Å². The molecule has 0 fully saturated rings. The molecule has 5 amide bonds. The summed E-state index contributed by atoms with van der Waals surface area (Å²) in [5.41, 5.74) is 5.11. The van der Waals surface area contributed by atoms with Crippen molar-refractivity contribution in [3.8, 4) is 0 Å². The fourth-order valence-electron chi connectivity index (χ4n) is 1.77. The summed E-state index contributed by atoms with van der Waals surface area (Å²) in [5, 5.41) is 0. The van der Waals surface area contributed by atoms with Crippen LogP contribution in [0.5, 0.6) is 0 Å². The third-order valence-electron chi connectivity index (χ3n) is 2.96. The first-order chi connectivity index (χ1) is 8.44.